The van der Waals surface area contributed by atoms with Crippen molar-refractivity contribution in [3.05, 3.63) is 0 Å². The van der Waals surface area contributed by atoms with Crippen LogP contribution in [0.5, 0.6) is 0 Å². The molecule has 0 rings (SSSR count). The van der Waals surface area contributed by atoms with Gasteiger partial charge in [0, 0.05) is 13.1 Å². The lowest BCUT2D eigenvalue weighted by Crippen LogP contribution is -2.46. The Hall–Kier alpha value is -1.30. The zero-order valence-corrected chi connectivity index (χ0v) is 13.4. The molecule has 0 saturated carbocycles. The van der Waals surface area contributed by atoms with E-state index in [1.54, 1.807) is 41.5 Å². The Labute approximate surface area is 121 Å². The lowest BCUT2D eigenvalue weighted by atomic mass is 9.93. The largest absolute Gasteiger partial charge is 0.466 e. The van der Waals surface area contributed by atoms with Gasteiger partial charge in [-0.15, -0.1) is 0 Å². The summed E-state index contributed by atoms with van der Waals surface area (Å²) in [4.78, 5) is 25.2. The number of carbonyl (C=O) groups excluding carboxylic acids is 2. The van der Waals surface area contributed by atoms with E-state index in [9.17, 15) is 9.59 Å². The van der Waals surface area contributed by atoms with Gasteiger partial charge in [0.2, 0.25) is 0 Å². The van der Waals surface area contributed by atoms with Crippen molar-refractivity contribution in [1.82, 2.24) is 4.90 Å². The second-order valence-corrected chi connectivity index (χ2v) is 6.23. The molecule has 0 spiro atoms. The predicted molar refractivity (Wildman–Crippen MR) is 75.3 cm³/mol. The fourth-order valence-corrected chi connectivity index (χ4v) is 1.55. The number of hydrogen-bond acceptors (Lipinski definition) is 5. The summed E-state index contributed by atoms with van der Waals surface area (Å²) in [5.74, 6) is -0.383. The van der Waals surface area contributed by atoms with Crippen molar-refractivity contribution in [3.63, 3.8) is 0 Å². The van der Waals surface area contributed by atoms with E-state index in [1.807, 2.05) is 0 Å². The van der Waals surface area contributed by atoms with Crippen LogP contribution in [0.25, 0.3) is 0 Å². The molecule has 0 aromatic carbocycles. The Morgan fingerprint density at radius 3 is 2.10 bits per heavy atom. The Bertz CT molecular complexity index is 333. The van der Waals surface area contributed by atoms with Crippen LogP contribution < -0.4 is 0 Å². The van der Waals surface area contributed by atoms with Crippen molar-refractivity contribution >= 4 is 12.1 Å². The van der Waals surface area contributed by atoms with Gasteiger partial charge in [0.1, 0.15) is 5.60 Å². The third kappa shape index (κ3) is 6.75. The highest BCUT2D eigenvalue weighted by atomic mass is 16.6. The molecule has 0 aliphatic rings. The molecule has 0 atom stereocenters. The van der Waals surface area contributed by atoms with Crippen molar-refractivity contribution < 1.29 is 24.2 Å². The van der Waals surface area contributed by atoms with Crippen LogP contribution in [0.4, 0.5) is 4.79 Å². The lowest BCUT2D eigenvalue weighted by Gasteiger charge is -2.32. The molecule has 0 saturated heterocycles. The van der Waals surface area contributed by atoms with E-state index in [2.05, 4.69) is 0 Å². The summed E-state index contributed by atoms with van der Waals surface area (Å²) >= 11 is 0. The minimum Gasteiger partial charge on any atom is -0.466 e. The van der Waals surface area contributed by atoms with Gasteiger partial charge in [0.05, 0.1) is 18.6 Å². The van der Waals surface area contributed by atoms with Crippen LogP contribution in [0.15, 0.2) is 0 Å². The summed E-state index contributed by atoms with van der Waals surface area (Å²) in [7, 11) is 0. The van der Waals surface area contributed by atoms with Crippen molar-refractivity contribution in [2.45, 2.75) is 47.1 Å². The summed E-state index contributed by atoms with van der Waals surface area (Å²) in [6, 6.07) is 0. The van der Waals surface area contributed by atoms with E-state index in [4.69, 9.17) is 14.6 Å². The van der Waals surface area contributed by atoms with E-state index >= 15 is 0 Å². The maximum Gasteiger partial charge on any atom is 0.410 e. The number of aliphatic hydroxyl groups excluding tert-OH is 1. The van der Waals surface area contributed by atoms with Crippen LogP contribution in [0.2, 0.25) is 0 Å². The average Bonchev–Trinajstić information content (AvgIpc) is 2.26. The van der Waals surface area contributed by atoms with E-state index in [-0.39, 0.29) is 32.3 Å². The average molecular weight is 289 g/mol. The number of esters is 1. The maximum absolute atomic E-state index is 12.0. The Morgan fingerprint density at radius 2 is 1.70 bits per heavy atom. The number of aliphatic hydroxyl groups is 1. The summed E-state index contributed by atoms with van der Waals surface area (Å²) in [6.45, 7) is 10.7. The second kappa shape index (κ2) is 7.47. The molecule has 0 aromatic rings. The highest BCUT2D eigenvalue weighted by molar-refractivity contribution is 5.77. The van der Waals surface area contributed by atoms with E-state index in [1.165, 1.54) is 4.90 Å². The Kier molecular flexibility index (Phi) is 6.99. The second-order valence-electron chi connectivity index (χ2n) is 6.23. The molecular weight excluding hydrogens is 262 g/mol. The third-order valence-electron chi connectivity index (χ3n) is 2.44. The fourth-order valence-electron chi connectivity index (χ4n) is 1.55. The van der Waals surface area contributed by atoms with Gasteiger partial charge in [-0.25, -0.2) is 4.79 Å². The molecule has 0 aromatic heterocycles. The first-order valence-electron chi connectivity index (χ1n) is 6.79. The van der Waals surface area contributed by atoms with Crippen molar-refractivity contribution in [3.8, 4) is 0 Å². The smallest absolute Gasteiger partial charge is 0.410 e. The zero-order chi connectivity index (χ0) is 16.0. The number of ether oxygens (including phenoxy) is 2. The normalized spacial score (nSPS) is 11.9. The molecule has 0 heterocycles. The quantitative estimate of drug-likeness (QED) is 0.755. The lowest BCUT2D eigenvalue weighted by molar-refractivity contribution is -0.154. The third-order valence-corrected chi connectivity index (χ3v) is 2.44. The molecule has 0 aliphatic carbocycles. The van der Waals surface area contributed by atoms with Crippen LogP contribution in [0.1, 0.15) is 41.5 Å². The first-order chi connectivity index (χ1) is 9.03. The SMILES string of the molecule is CCOC(=O)C(C)(C)CN(CCO)C(=O)OC(C)(C)C. The molecule has 0 aliphatic heterocycles. The molecule has 20 heavy (non-hydrogen) atoms. The van der Waals surface area contributed by atoms with Gasteiger partial charge < -0.3 is 19.5 Å². The standard InChI is InChI=1S/C14H27NO5/c1-7-19-11(17)14(5,6)10-15(8-9-16)12(18)20-13(2,3)4/h16H,7-10H2,1-6H3. The molecular formula is C14H27NO5. The van der Waals surface area contributed by atoms with Crippen molar-refractivity contribution in [2.24, 2.45) is 5.41 Å². The molecule has 0 bridgehead atoms. The first-order valence-corrected chi connectivity index (χ1v) is 6.79. The van der Waals surface area contributed by atoms with Gasteiger partial charge in [-0.2, -0.15) is 0 Å². The number of amides is 1. The summed E-state index contributed by atoms with van der Waals surface area (Å²) in [5.41, 5.74) is -1.49. The minimum atomic E-state index is -0.859. The molecule has 0 fully saturated rings. The topological polar surface area (TPSA) is 76.1 Å². The summed E-state index contributed by atoms with van der Waals surface area (Å²) in [6.07, 6.45) is -0.552. The van der Waals surface area contributed by atoms with Crippen LogP contribution in [-0.4, -0.2) is 54.0 Å². The molecule has 6 nitrogen and oxygen atoms in total. The molecule has 6 heteroatoms. The van der Waals surface area contributed by atoms with Crippen molar-refractivity contribution in [2.75, 3.05) is 26.3 Å². The monoisotopic (exact) mass is 289 g/mol. The highest BCUT2D eigenvalue weighted by Crippen LogP contribution is 2.21. The van der Waals surface area contributed by atoms with Crippen LogP contribution in [0.3, 0.4) is 0 Å². The summed E-state index contributed by atoms with van der Waals surface area (Å²) < 4.78 is 10.2. The van der Waals surface area contributed by atoms with Gasteiger partial charge in [0.25, 0.3) is 0 Å². The van der Waals surface area contributed by atoms with E-state index in [0.29, 0.717) is 0 Å². The van der Waals surface area contributed by atoms with Gasteiger partial charge in [-0.3, -0.25) is 4.79 Å². The number of carbonyl (C=O) groups is 2. The Balaban J connectivity index is 4.84. The first kappa shape index (κ1) is 18.7. The Morgan fingerprint density at radius 1 is 1.15 bits per heavy atom. The molecule has 118 valence electrons. The number of hydrogen-bond donors (Lipinski definition) is 1. The molecule has 1 amide bonds. The van der Waals surface area contributed by atoms with Gasteiger partial charge in [0.15, 0.2) is 0 Å². The maximum atomic E-state index is 12.0. The molecule has 0 radical (unpaired) electrons. The predicted octanol–water partition coefficient (Wildman–Crippen LogP) is 1.81. The minimum absolute atomic E-state index is 0.109. The molecule has 0 unspecified atom stereocenters. The van der Waals surface area contributed by atoms with E-state index < -0.39 is 17.1 Å². The van der Waals surface area contributed by atoms with E-state index in [0.717, 1.165) is 0 Å². The van der Waals surface area contributed by atoms with Crippen molar-refractivity contribution in [1.29, 1.82) is 0 Å². The van der Waals surface area contributed by atoms with Gasteiger partial charge in [-0.1, -0.05) is 0 Å². The highest BCUT2D eigenvalue weighted by Gasteiger charge is 2.34. The van der Waals surface area contributed by atoms with Crippen LogP contribution >= 0.6 is 0 Å². The fraction of sp³-hybridized carbons (Fsp3) is 0.857. The number of rotatable bonds is 6. The summed E-state index contributed by atoms with van der Waals surface area (Å²) in [5, 5.41) is 9.06. The van der Waals surface area contributed by atoms with Crippen LogP contribution in [-0.2, 0) is 14.3 Å². The zero-order valence-electron chi connectivity index (χ0n) is 13.4. The van der Waals surface area contributed by atoms with Crippen LogP contribution in [0, 0.1) is 5.41 Å². The number of nitrogens with zero attached hydrogens (tertiary/aromatic N) is 1. The molecule has 1 N–H and O–H groups in total. The van der Waals surface area contributed by atoms with Gasteiger partial charge in [-0.05, 0) is 41.5 Å². The van der Waals surface area contributed by atoms with Gasteiger partial charge >= 0.3 is 12.1 Å².